The zero-order chi connectivity index (χ0) is 26.3. The number of nitrogens with zero attached hydrogens (tertiary/aromatic N) is 2. The number of aryl methyl sites for hydroxylation is 2. The standard InChI is InChI=1S/C31H38N2O4/c1-29-13-11-20(34)17-19(29)9-10-21-22-12-14-31(37,30(22,2)18-25(35)27(21)29)28(36)26(23-7-5-15-32(23)3)24-8-6-16-33(24)4/h5-8,15-17,21-22,26-27,37H,9-14,18H2,1-4H3/t21-,22-,27+,29-,30-,31-/m0/s1. The highest BCUT2D eigenvalue weighted by Crippen LogP contribution is 2.67. The number of aromatic nitrogens is 2. The summed E-state index contributed by atoms with van der Waals surface area (Å²) < 4.78 is 3.91. The molecule has 3 fully saturated rings. The van der Waals surface area contributed by atoms with Crippen LogP contribution in [0, 0.1) is 28.6 Å². The maximum Gasteiger partial charge on any atom is 0.179 e. The van der Waals surface area contributed by atoms with Gasteiger partial charge in [-0.1, -0.05) is 19.4 Å². The second-order valence-corrected chi connectivity index (χ2v) is 12.7. The average Bonchev–Trinajstić information content (AvgIpc) is 3.53. The van der Waals surface area contributed by atoms with Crippen molar-refractivity contribution < 1.29 is 19.5 Å². The van der Waals surface area contributed by atoms with Crippen molar-refractivity contribution in [2.45, 2.75) is 70.3 Å². The molecule has 6 nitrogen and oxygen atoms in total. The minimum atomic E-state index is -1.59. The van der Waals surface area contributed by atoms with Gasteiger partial charge in [0.15, 0.2) is 11.6 Å². The summed E-state index contributed by atoms with van der Waals surface area (Å²) in [6.07, 6.45) is 9.89. The van der Waals surface area contributed by atoms with Crippen LogP contribution in [-0.2, 0) is 28.5 Å². The summed E-state index contributed by atoms with van der Waals surface area (Å²) in [5, 5.41) is 12.4. The van der Waals surface area contributed by atoms with Crippen LogP contribution in [0.3, 0.4) is 0 Å². The highest BCUT2D eigenvalue weighted by molar-refractivity contribution is 5.98. The number of carbonyl (C=O) groups excluding carboxylic acids is 3. The first-order valence-corrected chi connectivity index (χ1v) is 13.8. The molecule has 6 rings (SSSR count). The highest BCUT2D eigenvalue weighted by Gasteiger charge is 2.69. The summed E-state index contributed by atoms with van der Waals surface area (Å²) in [5.41, 5.74) is 0.155. The molecule has 196 valence electrons. The second kappa shape index (κ2) is 8.13. The molecule has 0 radical (unpaired) electrons. The Morgan fingerprint density at radius 3 is 2.24 bits per heavy atom. The molecule has 0 unspecified atom stereocenters. The van der Waals surface area contributed by atoms with Crippen molar-refractivity contribution in [2.24, 2.45) is 42.7 Å². The minimum absolute atomic E-state index is 0.0997. The van der Waals surface area contributed by atoms with Crippen molar-refractivity contribution in [3.05, 3.63) is 59.7 Å². The molecule has 0 saturated heterocycles. The van der Waals surface area contributed by atoms with Crippen molar-refractivity contribution in [3.63, 3.8) is 0 Å². The predicted molar refractivity (Wildman–Crippen MR) is 140 cm³/mol. The molecule has 4 aliphatic rings. The maximum absolute atomic E-state index is 14.6. The van der Waals surface area contributed by atoms with Gasteiger partial charge in [0.1, 0.15) is 17.3 Å². The Morgan fingerprint density at radius 2 is 1.65 bits per heavy atom. The number of aliphatic hydroxyl groups is 1. The van der Waals surface area contributed by atoms with Crippen LogP contribution < -0.4 is 0 Å². The summed E-state index contributed by atoms with van der Waals surface area (Å²) in [4.78, 5) is 40.8. The minimum Gasteiger partial charge on any atom is -0.381 e. The van der Waals surface area contributed by atoms with Crippen LogP contribution in [0.2, 0.25) is 0 Å². The Labute approximate surface area is 218 Å². The van der Waals surface area contributed by atoms with Gasteiger partial charge in [0, 0.05) is 62.1 Å². The fourth-order valence-corrected chi connectivity index (χ4v) is 9.00. The number of Topliss-reactive ketones (excluding diaryl/α,β-unsaturated/α-hetero) is 2. The average molecular weight is 503 g/mol. The Morgan fingerprint density at radius 1 is 1.00 bits per heavy atom. The summed E-state index contributed by atoms with van der Waals surface area (Å²) in [6.45, 7) is 4.18. The Balaban J connectivity index is 1.40. The van der Waals surface area contributed by atoms with E-state index in [4.69, 9.17) is 0 Å². The number of allylic oxidation sites excluding steroid dienone is 1. The summed E-state index contributed by atoms with van der Waals surface area (Å²) in [7, 11) is 3.86. The van der Waals surface area contributed by atoms with Crippen molar-refractivity contribution in [2.75, 3.05) is 0 Å². The Kier molecular flexibility index (Phi) is 5.41. The molecule has 2 aromatic rings. The van der Waals surface area contributed by atoms with E-state index in [1.807, 2.05) is 66.8 Å². The smallest absolute Gasteiger partial charge is 0.179 e. The number of hydrogen-bond donors (Lipinski definition) is 1. The van der Waals surface area contributed by atoms with Gasteiger partial charge in [0.05, 0.1) is 0 Å². The molecular formula is C31H38N2O4. The normalized spacial score (nSPS) is 37.2. The van der Waals surface area contributed by atoms with E-state index in [-0.39, 0.29) is 46.9 Å². The Hall–Kier alpha value is -2.73. The van der Waals surface area contributed by atoms with E-state index in [2.05, 4.69) is 6.92 Å². The van der Waals surface area contributed by atoms with E-state index in [1.165, 1.54) is 0 Å². The van der Waals surface area contributed by atoms with Gasteiger partial charge in [-0.05, 0) is 79.7 Å². The summed E-state index contributed by atoms with van der Waals surface area (Å²) >= 11 is 0. The lowest BCUT2D eigenvalue weighted by Crippen LogP contribution is -2.61. The van der Waals surface area contributed by atoms with Crippen LogP contribution in [0.4, 0.5) is 0 Å². The van der Waals surface area contributed by atoms with Gasteiger partial charge >= 0.3 is 0 Å². The molecule has 37 heavy (non-hydrogen) atoms. The van der Waals surface area contributed by atoms with Crippen molar-refractivity contribution in [1.82, 2.24) is 9.13 Å². The van der Waals surface area contributed by atoms with Crippen molar-refractivity contribution in [1.29, 1.82) is 0 Å². The summed E-state index contributed by atoms with van der Waals surface area (Å²) in [6, 6.07) is 7.77. The van der Waals surface area contributed by atoms with E-state index in [1.54, 1.807) is 6.08 Å². The first kappa shape index (κ1) is 24.6. The monoisotopic (exact) mass is 502 g/mol. The zero-order valence-corrected chi connectivity index (χ0v) is 22.4. The molecule has 1 N–H and O–H groups in total. The van der Waals surface area contributed by atoms with Gasteiger partial charge in [0.2, 0.25) is 0 Å². The molecule has 6 atom stereocenters. The largest absolute Gasteiger partial charge is 0.381 e. The molecule has 0 aromatic carbocycles. The molecule has 4 aliphatic carbocycles. The molecule has 0 aliphatic heterocycles. The first-order chi connectivity index (χ1) is 17.5. The Bertz CT molecular complexity index is 1290. The molecule has 0 bridgehead atoms. The fourth-order valence-electron chi connectivity index (χ4n) is 9.00. The van der Waals surface area contributed by atoms with Gasteiger partial charge in [0.25, 0.3) is 0 Å². The molecule has 6 heteroatoms. The number of fused-ring (bicyclic) bond motifs is 5. The van der Waals surface area contributed by atoms with E-state index < -0.39 is 16.9 Å². The molecule has 0 spiro atoms. The van der Waals surface area contributed by atoms with E-state index in [0.717, 1.165) is 42.6 Å². The summed E-state index contributed by atoms with van der Waals surface area (Å²) in [5.74, 6) is -0.377. The van der Waals surface area contributed by atoms with Gasteiger partial charge < -0.3 is 14.2 Å². The van der Waals surface area contributed by atoms with Gasteiger partial charge in [-0.25, -0.2) is 0 Å². The third-order valence-electron chi connectivity index (χ3n) is 11.0. The lowest BCUT2D eigenvalue weighted by atomic mass is 9.45. The van der Waals surface area contributed by atoms with Crippen molar-refractivity contribution in [3.8, 4) is 0 Å². The number of rotatable bonds is 4. The second-order valence-electron chi connectivity index (χ2n) is 12.7. The SMILES string of the molecule is Cn1cccc1C(C(=O)[C@@]1(O)CC[C@H]2[C@@H]3CCC4=CC(=O)CC[C@]4(C)[C@H]3C(=O)C[C@@]21C)c1cccn1C. The predicted octanol–water partition coefficient (Wildman–Crippen LogP) is 4.51. The van der Waals surface area contributed by atoms with E-state index in [0.29, 0.717) is 12.8 Å². The molecule has 3 saturated carbocycles. The van der Waals surface area contributed by atoms with Crippen LogP contribution in [-0.4, -0.2) is 37.2 Å². The third-order valence-corrected chi connectivity index (χ3v) is 11.0. The first-order valence-electron chi connectivity index (χ1n) is 13.8. The third kappa shape index (κ3) is 3.24. The van der Waals surface area contributed by atoms with E-state index >= 15 is 0 Å². The zero-order valence-electron chi connectivity index (χ0n) is 22.4. The number of hydrogen-bond acceptors (Lipinski definition) is 4. The topological polar surface area (TPSA) is 81.3 Å². The van der Waals surface area contributed by atoms with Crippen LogP contribution in [0.5, 0.6) is 0 Å². The number of carbonyl (C=O) groups is 3. The van der Waals surface area contributed by atoms with Gasteiger partial charge in [-0.15, -0.1) is 0 Å². The number of ketones is 3. The maximum atomic E-state index is 14.6. The molecule has 0 amide bonds. The molecular weight excluding hydrogens is 464 g/mol. The quantitative estimate of drug-likeness (QED) is 0.667. The van der Waals surface area contributed by atoms with Crippen LogP contribution in [0.1, 0.15) is 76.1 Å². The lowest BCUT2D eigenvalue weighted by molar-refractivity contribution is -0.169. The van der Waals surface area contributed by atoms with Gasteiger partial charge in [-0.3, -0.25) is 14.4 Å². The van der Waals surface area contributed by atoms with E-state index in [9.17, 15) is 19.5 Å². The molecule has 2 aromatic heterocycles. The molecule has 2 heterocycles. The van der Waals surface area contributed by atoms with Crippen molar-refractivity contribution >= 4 is 17.3 Å². The lowest BCUT2D eigenvalue weighted by Gasteiger charge is -2.57. The van der Waals surface area contributed by atoms with Crippen LogP contribution in [0.25, 0.3) is 0 Å². The fraction of sp³-hybridized carbons (Fsp3) is 0.581. The van der Waals surface area contributed by atoms with Crippen LogP contribution in [0.15, 0.2) is 48.3 Å². The van der Waals surface area contributed by atoms with Gasteiger partial charge in [-0.2, -0.15) is 0 Å². The highest BCUT2D eigenvalue weighted by atomic mass is 16.3. The van der Waals surface area contributed by atoms with Crippen LogP contribution >= 0.6 is 0 Å².